The Morgan fingerprint density at radius 1 is 0.867 bits per heavy atom. The lowest BCUT2D eigenvalue weighted by Gasteiger charge is -2.14. The molecule has 6 nitrogen and oxygen atoms in total. The Labute approximate surface area is 175 Å². The smallest absolute Gasteiger partial charge is 0.161 e. The van der Waals surface area contributed by atoms with Crippen molar-refractivity contribution in [3.63, 3.8) is 0 Å². The third-order valence-corrected chi connectivity index (χ3v) is 4.78. The van der Waals surface area contributed by atoms with E-state index in [4.69, 9.17) is 18.6 Å². The zero-order chi connectivity index (χ0) is 20.8. The molecule has 1 aromatic heterocycles. The normalized spacial score (nSPS) is 12.2. The molecule has 0 unspecified atom stereocenters. The number of fused-ring (bicyclic) bond motifs is 3. The van der Waals surface area contributed by atoms with Gasteiger partial charge in [-0.05, 0) is 30.3 Å². The number of aliphatic hydroxyl groups excluding tert-OH is 1. The molecule has 0 radical (unpaired) electrons. The van der Waals surface area contributed by atoms with Crippen molar-refractivity contribution in [3.05, 3.63) is 66.7 Å². The van der Waals surface area contributed by atoms with E-state index in [1.54, 1.807) is 7.11 Å². The van der Waals surface area contributed by atoms with E-state index < -0.39 is 6.10 Å². The van der Waals surface area contributed by atoms with Crippen LogP contribution >= 0.6 is 0 Å². The second-order valence-electron chi connectivity index (χ2n) is 6.90. The van der Waals surface area contributed by atoms with E-state index in [1.165, 1.54) is 0 Å². The molecule has 2 N–H and O–H groups in total. The van der Waals surface area contributed by atoms with Crippen molar-refractivity contribution in [3.8, 4) is 17.2 Å². The van der Waals surface area contributed by atoms with Crippen LogP contribution in [0.3, 0.4) is 0 Å². The van der Waals surface area contributed by atoms with Crippen molar-refractivity contribution in [1.82, 2.24) is 5.32 Å². The summed E-state index contributed by atoms with van der Waals surface area (Å²) in [4.78, 5) is 0. The number of ether oxygens (including phenoxy) is 3. The van der Waals surface area contributed by atoms with Crippen LogP contribution in [0.1, 0.15) is 0 Å². The van der Waals surface area contributed by atoms with Gasteiger partial charge in [0.05, 0.1) is 12.5 Å². The number of para-hydroxylation sites is 3. The number of furan rings is 1. The maximum atomic E-state index is 10.3. The monoisotopic (exact) mass is 407 g/mol. The van der Waals surface area contributed by atoms with E-state index in [0.29, 0.717) is 36.9 Å². The van der Waals surface area contributed by atoms with Gasteiger partial charge in [0, 0.05) is 18.5 Å². The Hall–Kier alpha value is -3.22. The summed E-state index contributed by atoms with van der Waals surface area (Å²) >= 11 is 0. The molecule has 4 aromatic rings. The molecule has 0 aliphatic rings. The van der Waals surface area contributed by atoms with Crippen LogP contribution in [0.5, 0.6) is 17.2 Å². The highest BCUT2D eigenvalue weighted by molar-refractivity contribution is 6.08. The molecule has 0 aliphatic carbocycles. The van der Waals surface area contributed by atoms with Crippen molar-refractivity contribution in [1.29, 1.82) is 0 Å². The van der Waals surface area contributed by atoms with Gasteiger partial charge in [0.25, 0.3) is 0 Å². The second-order valence-corrected chi connectivity index (χ2v) is 6.90. The Balaban J connectivity index is 1.26. The summed E-state index contributed by atoms with van der Waals surface area (Å²) in [5.41, 5.74) is 1.59. The summed E-state index contributed by atoms with van der Waals surface area (Å²) in [5, 5.41) is 15.4. The van der Waals surface area contributed by atoms with E-state index in [9.17, 15) is 5.11 Å². The van der Waals surface area contributed by atoms with Gasteiger partial charge in [-0.1, -0.05) is 36.4 Å². The first-order chi connectivity index (χ1) is 14.8. The van der Waals surface area contributed by atoms with Gasteiger partial charge in [-0.3, -0.25) is 0 Å². The fourth-order valence-corrected chi connectivity index (χ4v) is 3.35. The first kappa shape index (κ1) is 20.1. The number of benzene rings is 3. The van der Waals surface area contributed by atoms with Crippen molar-refractivity contribution in [2.75, 3.05) is 33.4 Å². The molecule has 4 rings (SSSR count). The van der Waals surface area contributed by atoms with E-state index in [-0.39, 0.29) is 6.61 Å². The molecule has 1 heterocycles. The third kappa shape index (κ3) is 4.50. The van der Waals surface area contributed by atoms with Gasteiger partial charge in [-0.2, -0.15) is 0 Å². The van der Waals surface area contributed by atoms with Gasteiger partial charge in [0.2, 0.25) is 0 Å². The van der Waals surface area contributed by atoms with Crippen LogP contribution in [0.4, 0.5) is 0 Å². The Kier molecular flexibility index (Phi) is 6.37. The zero-order valence-electron chi connectivity index (χ0n) is 16.8. The maximum absolute atomic E-state index is 10.3. The predicted molar refractivity (Wildman–Crippen MR) is 117 cm³/mol. The summed E-state index contributed by atoms with van der Waals surface area (Å²) in [6, 6.07) is 21.1. The van der Waals surface area contributed by atoms with Gasteiger partial charge in [0.15, 0.2) is 11.5 Å². The highest BCUT2D eigenvalue weighted by atomic mass is 16.5. The molecule has 156 valence electrons. The highest BCUT2D eigenvalue weighted by Gasteiger charge is 2.13. The van der Waals surface area contributed by atoms with Crippen molar-refractivity contribution in [2.24, 2.45) is 0 Å². The minimum absolute atomic E-state index is 0.180. The fourth-order valence-electron chi connectivity index (χ4n) is 3.35. The number of methoxy groups -OCH3 is 1. The topological polar surface area (TPSA) is 73.1 Å². The minimum atomic E-state index is -0.648. The van der Waals surface area contributed by atoms with Crippen LogP contribution in [0.25, 0.3) is 21.9 Å². The second kappa shape index (κ2) is 9.52. The van der Waals surface area contributed by atoms with Gasteiger partial charge < -0.3 is 29.1 Å². The summed E-state index contributed by atoms with van der Waals surface area (Å²) in [5.74, 6) is 2.11. The molecule has 0 fully saturated rings. The van der Waals surface area contributed by atoms with E-state index in [1.807, 2.05) is 66.7 Å². The summed E-state index contributed by atoms with van der Waals surface area (Å²) in [6.45, 7) is 1.64. The molecular weight excluding hydrogens is 382 g/mol. The number of nitrogens with one attached hydrogen (secondary N) is 1. The van der Waals surface area contributed by atoms with Gasteiger partial charge in [-0.15, -0.1) is 0 Å². The summed E-state index contributed by atoms with van der Waals surface area (Å²) in [7, 11) is 1.61. The highest BCUT2D eigenvalue weighted by Crippen LogP contribution is 2.35. The largest absolute Gasteiger partial charge is 0.493 e. The third-order valence-electron chi connectivity index (χ3n) is 4.78. The van der Waals surface area contributed by atoms with Crippen molar-refractivity contribution >= 4 is 21.9 Å². The van der Waals surface area contributed by atoms with Crippen LogP contribution in [0.2, 0.25) is 0 Å². The lowest BCUT2D eigenvalue weighted by Crippen LogP contribution is -2.33. The molecule has 0 spiro atoms. The fraction of sp³-hybridized carbons (Fsp3) is 0.250. The summed E-state index contributed by atoms with van der Waals surface area (Å²) < 4.78 is 22.7. The van der Waals surface area contributed by atoms with Crippen LogP contribution in [-0.2, 0) is 0 Å². The van der Waals surface area contributed by atoms with Gasteiger partial charge >= 0.3 is 0 Å². The Bertz CT molecular complexity index is 1110. The van der Waals surface area contributed by atoms with Gasteiger partial charge in [0.1, 0.15) is 36.2 Å². The molecule has 0 aliphatic heterocycles. The molecule has 0 amide bonds. The average Bonchev–Trinajstić information content (AvgIpc) is 3.17. The number of hydrogen-bond acceptors (Lipinski definition) is 6. The van der Waals surface area contributed by atoms with E-state index in [0.717, 1.165) is 21.9 Å². The lowest BCUT2D eigenvalue weighted by atomic mass is 10.1. The average molecular weight is 407 g/mol. The number of rotatable bonds is 10. The molecule has 30 heavy (non-hydrogen) atoms. The Morgan fingerprint density at radius 2 is 1.60 bits per heavy atom. The molecule has 0 saturated heterocycles. The lowest BCUT2D eigenvalue weighted by molar-refractivity contribution is 0.106. The van der Waals surface area contributed by atoms with Crippen LogP contribution in [0.15, 0.2) is 71.1 Å². The summed E-state index contributed by atoms with van der Waals surface area (Å²) in [6.07, 6.45) is -0.648. The molecule has 1 atom stereocenters. The molecule has 3 aromatic carbocycles. The van der Waals surface area contributed by atoms with Crippen molar-refractivity contribution in [2.45, 2.75) is 6.10 Å². The molecule has 0 bridgehead atoms. The van der Waals surface area contributed by atoms with E-state index >= 15 is 0 Å². The Morgan fingerprint density at radius 3 is 2.47 bits per heavy atom. The SMILES string of the molecule is COc1ccccc1OCCNC[C@@H](O)COc1cccc2oc3ccccc3c12. The van der Waals surface area contributed by atoms with Crippen molar-refractivity contribution < 1.29 is 23.7 Å². The molecule has 0 saturated carbocycles. The minimum Gasteiger partial charge on any atom is -0.493 e. The first-order valence-corrected chi connectivity index (χ1v) is 9.94. The van der Waals surface area contributed by atoms with Crippen LogP contribution in [0, 0.1) is 0 Å². The van der Waals surface area contributed by atoms with Crippen LogP contribution in [-0.4, -0.2) is 44.6 Å². The maximum Gasteiger partial charge on any atom is 0.161 e. The predicted octanol–water partition coefficient (Wildman–Crippen LogP) is 4.00. The van der Waals surface area contributed by atoms with E-state index in [2.05, 4.69) is 5.32 Å². The van der Waals surface area contributed by atoms with Crippen LogP contribution < -0.4 is 19.5 Å². The number of hydrogen-bond donors (Lipinski definition) is 2. The first-order valence-electron chi connectivity index (χ1n) is 9.94. The molecular formula is C24H25NO5. The number of aliphatic hydroxyl groups is 1. The zero-order valence-corrected chi connectivity index (χ0v) is 16.8. The standard InChI is InChI=1S/C24H25NO5/c1-27-20-9-4-5-10-21(20)28-14-13-25-15-17(26)16-29-22-11-6-12-23-24(22)18-7-2-3-8-19(18)30-23/h2-12,17,25-26H,13-16H2,1H3/t17-/m1/s1. The quantitative estimate of drug-likeness (QED) is 0.387. The van der Waals surface area contributed by atoms with Gasteiger partial charge in [-0.25, -0.2) is 0 Å². The molecule has 6 heteroatoms.